The quantitative estimate of drug-likeness (QED) is 0.692. The highest BCUT2D eigenvalue weighted by atomic mass is 16.3. The van der Waals surface area contributed by atoms with Crippen molar-refractivity contribution in [3.63, 3.8) is 0 Å². The lowest BCUT2D eigenvalue weighted by molar-refractivity contribution is 0.0273. The van der Waals surface area contributed by atoms with Gasteiger partial charge in [-0.25, -0.2) is 0 Å². The molecule has 0 saturated carbocycles. The molecule has 1 N–H and O–H groups in total. The topological polar surface area (TPSA) is 23.5 Å². The first-order valence-corrected chi connectivity index (χ1v) is 4.90. The van der Waals surface area contributed by atoms with Crippen molar-refractivity contribution in [2.45, 2.75) is 39.7 Å². The fraction of sp³-hybridized carbons (Fsp3) is 1.00. The molecule has 0 bridgehead atoms. The van der Waals surface area contributed by atoms with Crippen LogP contribution in [0, 0.1) is 5.41 Å². The van der Waals surface area contributed by atoms with Crippen molar-refractivity contribution in [1.82, 2.24) is 4.90 Å². The molecule has 1 fully saturated rings. The van der Waals surface area contributed by atoms with Gasteiger partial charge >= 0.3 is 0 Å². The highest BCUT2D eigenvalue weighted by Gasteiger charge is 2.33. The summed E-state index contributed by atoms with van der Waals surface area (Å²) in [7, 11) is 0. The standard InChI is InChI=1S/C10H21NO/c1-9(12)5-4-6-11-7-10(2,3)8-11/h9,12H,4-8H2,1-3H3. The van der Waals surface area contributed by atoms with E-state index in [1.807, 2.05) is 6.92 Å². The van der Waals surface area contributed by atoms with Crippen LogP contribution >= 0.6 is 0 Å². The van der Waals surface area contributed by atoms with Crippen molar-refractivity contribution < 1.29 is 5.11 Å². The molecule has 0 aromatic heterocycles. The molecule has 1 rings (SSSR count). The maximum atomic E-state index is 9.04. The van der Waals surface area contributed by atoms with Gasteiger partial charge in [-0.05, 0) is 31.7 Å². The smallest absolute Gasteiger partial charge is 0.0512 e. The molecule has 1 atom stereocenters. The molecule has 1 unspecified atom stereocenters. The Morgan fingerprint density at radius 3 is 2.42 bits per heavy atom. The molecule has 2 heteroatoms. The monoisotopic (exact) mass is 171 g/mol. The van der Waals surface area contributed by atoms with Gasteiger partial charge in [0.05, 0.1) is 6.10 Å². The Morgan fingerprint density at radius 1 is 1.42 bits per heavy atom. The average molecular weight is 171 g/mol. The first-order chi connectivity index (χ1) is 5.49. The maximum Gasteiger partial charge on any atom is 0.0512 e. The number of aliphatic hydroxyl groups is 1. The normalized spacial score (nSPS) is 25.0. The van der Waals surface area contributed by atoms with E-state index in [0.717, 1.165) is 19.4 Å². The van der Waals surface area contributed by atoms with Gasteiger partial charge in [0.25, 0.3) is 0 Å². The zero-order valence-electron chi connectivity index (χ0n) is 8.51. The van der Waals surface area contributed by atoms with Gasteiger partial charge in [-0.1, -0.05) is 13.8 Å². The minimum Gasteiger partial charge on any atom is -0.393 e. The van der Waals surface area contributed by atoms with Gasteiger partial charge in [0.15, 0.2) is 0 Å². The van der Waals surface area contributed by atoms with Crippen molar-refractivity contribution in [3.05, 3.63) is 0 Å². The van der Waals surface area contributed by atoms with Gasteiger partial charge in [-0.3, -0.25) is 0 Å². The molecule has 72 valence electrons. The van der Waals surface area contributed by atoms with Crippen molar-refractivity contribution in [1.29, 1.82) is 0 Å². The van der Waals surface area contributed by atoms with E-state index in [2.05, 4.69) is 18.7 Å². The minimum absolute atomic E-state index is 0.126. The lowest BCUT2D eigenvalue weighted by atomic mass is 9.84. The summed E-state index contributed by atoms with van der Waals surface area (Å²) in [5, 5.41) is 9.04. The molecule has 0 spiro atoms. The Morgan fingerprint density at radius 2 is 2.00 bits per heavy atom. The molecular weight excluding hydrogens is 150 g/mol. The second-order valence-electron chi connectivity index (χ2n) is 4.87. The zero-order valence-corrected chi connectivity index (χ0v) is 8.51. The van der Waals surface area contributed by atoms with Gasteiger partial charge in [0.1, 0.15) is 0 Å². The Balaban J connectivity index is 1.97. The average Bonchev–Trinajstić information content (AvgIpc) is 1.82. The molecule has 0 radical (unpaired) electrons. The van der Waals surface area contributed by atoms with Crippen molar-refractivity contribution in [3.8, 4) is 0 Å². The van der Waals surface area contributed by atoms with Crippen LogP contribution in [0.3, 0.4) is 0 Å². The highest BCUT2D eigenvalue weighted by molar-refractivity contribution is 4.87. The van der Waals surface area contributed by atoms with Crippen molar-refractivity contribution >= 4 is 0 Å². The molecule has 12 heavy (non-hydrogen) atoms. The number of hydrogen-bond donors (Lipinski definition) is 1. The molecule has 1 heterocycles. The van der Waals surface area contributed by atoms with Crippen LogP contribution in [0.5, 0.6) is 0 Å². The van der Waals surface area contributed by atoms with Gasteiger partial charge in [0, 0.05) is 13.1 Å². The third-order valence-corrected chi connectivity index (χ3v) is 2.40. The van der Waals surface area contributed by atoms with E-state index in [1.54, 1.807) is 0 Å². The third-order valence-electron chi connectivity index (χ3n) is 2.40. The molecule has 0 aromatic rings. The van der Waals surface area contributed by atoms with Gasteiger partial charge in [-0.2, -0.15) is 0 Å². The molecular formula is C10H21NO. The molecule has 2 nitrogen and oxygen atoms in total. The van der Waals surface area contributed by atoms with E-state index < -0.39 is 0 Å². The molecule has 0 aliphatic carbocycles. The van der Waals surface area contributed by atoms with Gasteiger partial charge < -0.3 is 10.0 Å². The summed E-state index contributed by atoms with van der Waals surface area (Å²) >= 11 is 0. The third kappa shape index (κ3) is 3.11. The van der Waals surface area contributed by atoms with E-state index in [9.17, 15) is 0 Å². The highest BCUT2D eigenvalue weighted by Crippen LogP contribution is 2.28. The lowest BCUT2D eigenvalue weighted by Crippen LogP contribution is -2.52. The number of nitrogens with zero attached hydrogens (tertiary/aromatic N) is 1. The van der Waals surface area contributed by atoms with Gasteiger partial charge in [-0.15, -0.1) is 0 Å². The summed E-state index contributed by atoms with van der Waals surface area (Å²) in [6.07, 6.45) is 1.95. The first kappa shape index (κ1) is 10.0. The second kappa shape index (κ2) is 3.75. The summed E-state index contributed by atoms with van der Waals surface area (Å²) in [4.78, 5) is 2.46. The van der Waals surface area contributed by atoms with Crippen LogP contribution < -0.4 is 0 Å². The zero-order chi connectivity index (χ0) is 9.19. The SMILES string of the molecule is CC(O)CCCN1CC(C)(C)C1. The molecule has 1 aliphatic rings. The summed E-state index contributed by atoms with van der Waals surface area (Å²) in [5.41, 5.74) is 0.546. The van der Waals surface area contributed by atoms with Crippen molar-refractivity contribution in [2.75, 3.05) is 19.6 Å². The van der Waals surface area contributed by atoms with Crippen molar-refractivity contribution in [2.24, 2.45) is 5.41 Å². The summed E-state index contributed by atoms with van der Waals surface area (Å²) in [5.74, 6) is 0. The predicted octanol–water partition coefficient (Wildman–Crippen LogP) is 1.49. The van der Waals surface area contributed by atoms with Crippen LogP contribution in [0.15, 0.2) is 0 Å². The van der Waals surface area contributed by atoms with E-state index in [0.29, 0.717) is 5.41 Å². The minimum atomic E-state index is -0.126. The van der Waals surface area contributed by atoms with Gasteiger partial charge in [0.2, 0.25) is 0 Å². The first-order valence-electron chi connectivity index (χ1n) is 4.90. The number of rotatable bonds is 4. The number of aliphatic hydroxyl groups excluding tert-OH is 1. The lowest BCUT2D eigenvalue weighted by Gasteiger charge is -2.46. The Kier molecular flexibility index (Phi) is 3.13. The Bertz CT molecular complexity index is 135. The molecule has 0 amide bonds. The van der Waals surface area contributed by atoms with E-state index in [1.165, 1.54) is 13.1 Å². The maximum absolute atomic E-state index is 9.04. The van der Waals surface area contributed by atoms with Crippen LogP contribution in [0.2, 0.25) is 0 Å². The number of likely N-dealkylation sites (tertiary alicyclic amines) is 1. The summed E-state index contributed by atoms with van der Waals surface area (Å²) < 4.78 is 0. The molecule has 0 aromatic carbocycles. The van der Waals surface area contributed by atoms with Crippen LogP contribution in [-0.2, 0) is 0 Å². The van der Waals surface area contributed by atoms with E-state index in [4.69, 9.17) is 5.11 Å². The number of hydrogen-bond acceptors (Lipinski definition) is 2. The summed E-state index contributed by atoms with van der Waals surface area (Å²) in [6, 6.07) is 0. The fourth-order valence-corrected chi connectivity index (χ4v) is 1.93. The van der Waals surface area contributed by atoms with Crippen LogP contribution in [-0.4, -0.2) is 35.7 Å². The van der Waals surface area contributed by atoms with Crippen LogP contribution in [0.4, 0.5) is 0 Å². The Labute approximate surface area is 75.6 Å². The van der Waals surface area contributed by atoms with Crippen LogP contribution in [0.25, 0.3) is 0 Å². The Hall–Kier alpha value is -0.0800. The van der Waals surface area contributed by atoms with E-state index >= 15 is 0 Å². The largest absolute Gasteiger partial charge is 0.393 e. The van der Waals surface area contributed by atoms with Crippen LogP contribution in [0.1, 0.15) is 33.6 Å². The second-order valence-corrected chi connectivity index (χ2v) is 4.87. The summed E-state index contributed by atoms with van der Waals surface area (Å²) in [6.45, 7) is 10.1. The molecule has 1 aliphatic heterocycles. The fourth-order valence-electron chi connectivity index (χ4n) is 1.93. The molecule has 1 saturated heterocycles. The van der Waals surface area contributed by atoms with E-state index in [-0.39, 0.29) is 6.10 Å². The predicted molar refractivity (Wildman–Crippen MR) is 51.1 cm³/mol.